The predicted octanol–water partition coefficient (Wildman–Crippen LogP) is 3.47. The topological polar surface area (TPSA) is 58.3 Å². The molecule has 0 spiro atoms. The maximum atomic E-state index is 12.8. The zero-order chi connectivity index (χ0) is 21.4. The summed E-state index contributed by atoms with van der Waals surface area (Å²) in [4.78, 5) is 6.53. The molecule has 0 fully saturated rings. The van der Waals surface area contributed by atoms with Gasteiger partial charge in [0.2, 0.25) is 0 Å². The van der Waals surface area contributed by atoms with Gasteiger partial charge in [0, 0.05) is 27.2 Å². The summed E-state index contributed by atoms with van der Waals surface area (Å²) in [7, 11) is 3.75. The first-order valence-electron chi connectivity index (χ1n) is 9.21. The highest BCUT2D eigenvalue weighted by atomic mass is 32.2. The number of nitrogens with zero attached hydrogens (tertiary/aromatic N) is 5. The molecular weight excluding hydrogens is 401 g/mol. The smallest absolute Gasteiger partial charge is 0.356 e. The average molecular weight is 429 g/mol. The molecule has 0 atom stereocenters. The van der Waals surface area contributed by atoms with Crippen LogP contribution in [0.15, 0.2) is 29.3 Å². The third-order valence-corrected chi connectivity index (χ3v) is 5.12. The molecule has 1 heterocycles. The van der Waals surface area contributed by atoms with E-state index in [4.69, 9.17) is 0 Å². The number of hydrogen-bond donors (Lipinski definition) is 1. The van der Waals surface area contributed by atoms with Crippen molar-refractivity contribution in [2.75, 3.05) is 25.6 Å². The molecule has 0 amide bonds. The highest BCUT2D eigenvalue weighted by molar-refractivity contribution is 7.98. The summed E-state index contributed by atoms with van der Waals surface area (Å²) in [6.07, 6.45) is -1.29. The van der Waals surface area contributed by atoms with Crippen LogP contribution in [0.4, 0.5) is 13.2 Å². The van der Waals surface area contributed by atoms with Crippen molar-refractivity contribution in [3.05, 3.63) is 47.0 Å². The van der Waals surface area contributed by atoms with Gasteiger partial charge in [-0.25, -0.2) is 4.99 Å². The number of nitrogens with one attached hydrogen (secondary N) is 1. The van der Waals surface area contributed by atoms with Crippen LogP contribution < -0.4 is 5.32 Å². The number of aryl methyl sites for hydroxylation is 1. The van der Waals surface area contributed by atoms with Crippen LogP contribution in [0.5, 0.6) is 0 Å². The van der Waals surface area contributed by atoms with Crippen molar-refractivity contribution in [3.63, 3.8) is 0 Å². The van der Waals surface area contributed by atoms with Gasteiger partial charge in [0.05, 0.1) is 5.56 Å². The second-order valence-corrected chi connectivity index (χ2v) is 7.67. The lowest BCUT2D eigenvalue weighted by atomic mass is 10.1. The Morgan fingerprint density at radius 3 is 2.48 bits per heavy atom. The average Bonchev–Trinajstić information content (AvgIpc) is 2.99. The van der Waals surface area contributed by atoms with E-state index in [1.165, 1.54) is 12.1 Å². The third-order valence-electron chi connectivity index (χ3n) is 4.42. The van der Waals surface area contributed by atoms with Gasteiger partial charge in [-0.1, -0.05) is 12.1 Å². The Morgan fingerprint density at radius 1 is 1.24 bits per heavy atom. The molecule has 160 valence electrons. The number of hydrogen-bond acceptors (Lipinski definition) is 4. The van der Waals surface area contributed by atoms with E-state index in [0.717, 1.165) is 48.1 Å². The fourth-order valence-electron chi connectivity index (χ4n) is 2.61. The van der Waals surface area contributed by atoms with Crippen molar-refractivity contribution in [1.82, 2.24) is 25.0 Å². The number of thioether (sulfide) groups is 1. The van der Waals surface area contributed by atoms with Crippen LogP contribution in [-0.4, -0.2) is 51.2 Å². The van der Waals surface area contributed by atoms with Gasteiger partial charge in [-0.2, -0.15) is 24.9 Å². The summed E-state index contributed by atoms with van der Waals surface area (Å²) in [5.41, 5.74) is 0.124. The molecule has 0 saturated heterocycles. The molecule has 2 aromatic rings. The van der Waals surface area contributed by atoms with E-state index in [-0.39, 0.29) is 0 Å². The number of guanidine groups is 1. The number of benzene rings is 1. The number of aromatic nitrogens is 3. The molecule has 0 aliphatic carbocycles. The van der Waals surface area contributed by atoms with Crippen molar-refractivity contribution < 1.29 is 13.2 Å². The number of aliphatic imine (C=N–C) groups is 1. The largest absolute Gasteiger partial charge is 0.416 e. The SMILES string of the molecule is CSCCCNC(=NCc1nnc(C)n1C)N(C)Cc1ccc(C(F)(F)F)cc1. The molecule has 6 nitrogen and oxygen atoms in total. The van der Waals surface area contributed by atoms with Gasteiger partial charge in [-0.15, -0.1) is 10.2 Å². The molecule has 1 N–H and O–H groups in total. The molecule has 1 aromatic carbocycles. The molecule has 0 saturated carbocycles. The van der Waals surface area contributed by atoms with Crippen LogP contribution in [-0.2, 0) is 26.3 Å². The molecule has 0 radical (unpaired) electrons. The maximum Gasteiger partial charge on any atom is 0.416 e. The first-order chi connectivity index (χ1) is 13.7. The van der Waals surface area contributed by atoms with Crippen molar-refractivity contribution in [2.45, 2.75) is 32.6 Å². The Labute approximate surface area is 173 Å². The van der Waals surface area contributed by atoms with Crippen molar-refractivity contribution in [1.29, 1.82) is 0 Å². The molecule has 10 heteroatoms. The van der Waals surface area contributed by atoms with Crippen LogP contribution in [0.25, 0.3) is 0 Å². The zero-order valence-corrected chi connectivity index (χ0v) is 17.9. The normalized spacial score (nSPS) is 12.3. The second-order valence-electron chi connectivity index (χ2n) is 6.69. The van der Waals surface area contributed by atoms with Gasteiger partial charge >= 0.3 is 6.18 Å². The van der Waals surface area contributed by atoms with Gasteiger partial charge in [-0.05, 0) is 43.0 Å². The highest BCUT2D eigenvalue weighted by Crippen LogP contribution is 2.29. The minimum atomic E-state index is -4.33. The molecule has 0 bridgehead atoms. The number of rotatable bonds is 8. The molecule has 0 unspecified atom stereocenters. The van der Waals surface area contributed by atoms with Crippen LogP contribution in [0.2, 0.25) is 0 Å². The Morgan fingerprint density at radius 2 is 1.93 bits per heavy atom. The minimum Gasteiger partial charge on any atom is -0.356 e. The summed E-state index contributed by atoms with van der Waals surface area (Å²) < 4.78 is 40.1. The van der Waals surface area contributed by atoms with Gasteiger partial charge < -0.3 is 14.8 Å². The first kappa shape index (κ1) is 23.1. The van der Waals surface area contributed by atoms with Gasteiger partial charge in [0.1, 0.15) is 12.4 Å². The molecule has 29 heavy (non-hydrogen) atoms. The predicted molar refractivity (Wildman–Crippen MR) is 111 cm³/mol. The monoisotopic (exact) mass is 428 g/mol. The van der Waals surface area contributed by atoms with Crippen LogP contribution in [0, 0.1) is 6.92 Å². The Kier molecular flexibility index (Phi) is 8.36. The third kappa shape index (κ3) is 6.95. The van der Waals surface area contributed by atoms with Gasteiger partial charge in [-0.3, -0.25) is 0 Å². The van der Waals surface area contributed by atoms with E-state index in [2.05, 4.69) is 26.8 Å². The summed E-state index contributed by atoms with van der Waals surface area (Å²) in [6.45, 7) is 3.43. The Balaban J connectivity index is 2.09. The molecule has 0 aliphatic rings. The summed E-state index contributed by atoms with van der Waals surface area (Å²) in [5.74, 6) is 3.26. The lowest BCUT2D eigenvalue weighted by Gasteiger charge is -2.23. The van der Waals surface area contributed by atoms with Crippen molar-refractivity contribution >= 4 is 17.7 Å². The Bertz CT molecular complexity index is 801. The lowest BCUT2D eigenvalue weighted by molar-refractivity contribution is -0.137. The minimum absolute atomic E-state index is 0.361. The van der Waals surface area contributed by atoms with E-state index >= 15 is 0 Å². The second kappa shape index (κ2) is 10.5. The molecule has 1 aromatic heterocycles. The molecular formula is C19H27F3N6S. The standard InChI is InChI=1S/C19H27F3N6S/c1-14-25-26-17(28(14)3)12-24-18(23-10-5-11-29-4)27(2)13-15-6-8-16(9-7-15)19(20,21)22/h6-9H,5,10-13H2,1-4H3,(H,23,24). The van der Waals surface area contributed by atoms with E-state index in [1.807, 2.05) is 30.5 Å². The van der Waals surface area contributed by atoms with E-state index in [0.29, 0.717) is 19.0 Å². The zero-order valence-electron chi connectivity index (χ0n) is 17.1. The summed E-state index contributed by atoms with van der Waals surface area (Å²) in [5, 5.41) is 11.5. The fourth-order valence-corrected chi connectivity index (χ4v) is 3.04. The highest BCUT2D eigenvalue weighted by Gasteiger charge is 2.29. The Hall–Kier alpha value is -2.23. The lowest BCUT2D eigenvalue weighted by Crippen LogP contribution is -2.39. The van der Waals surface area contributed by atoms with Crippen LogP contribution >= 0.6 is 11.8 Å². The summed E-state index contributed by atoms with van der Waals surface area (Å²) in [6, 6.07) is 5.20. The van der Waals surface area contributed by atoms with E-state index in [9.17, 15) is 13.2 Å². The quantitative estimate of drug-likeness (QED) is 0.396. The van der Waals surface area contributed by atoms with Crippen LogP contribution in [0.3, 0.4) is 0 Å². The first-order valence-corrected chi connectivity index (χ1v) is 10.6. The van der Waals surface area contributed by atoms with Gasteiger partial charge in [0.15, 0.2) is 11.8 Å². The van der Waals surface area contributed by atoms with Gasteiger partial charge in [0.25, 0.3) is 0 Å². The van der Waals surface area contributed by atoms with E-state index in [1.54, 1.807) is 11.8 Å². The summed E-state index contributed by atoms with van der Waals surface area (Å²) >= 11 is 1.78. The van der Waals surface area contributed by atoms with Crippen molar-refractivity contribution in [2.24, 2.45) is 12.0 Å². The van der Waals surface area contributed by atoms with Crippen molar-refractivity contribution in [3.8, 4) is 0 Å². The van der Waals surface area contributed by atoms with E-state index < -0.39 is 11.7 Å². The maximum absolute atomic E-state index is 12.8. The molecule has 2 rings (SSSR count). The fraction of sp³-hybridized carbons (Fsp3) is 0.526. The molecule has 0 aliphatic heterocycles. The van der Waals surface area contributed by atoms with Crippen LogP contribution in [0.1, 0.15) is 29.2 Å². The number of halogens is 3. The number of alkyl halides is 3.